The van der Waals surface area contributed by atoms with Crippen LogP contribution in [0.15, 0.2) is 30.5 Å². The quantitative estimate of drug-likeness (QED) is 0.278. The topological polar surface area (TPSA) is 110 Å². The molecular weight excluding hydrogens is 609 g/mol. The molecule has 9 nitrogen and oxygen atoms in total. The molecule has 2 aliphatic rings. The van der Waals surface area contributed by atoms with Crippen LogP contribution in [0.1, 0.15) is 56.9 Å². The molecule has 3 heterocycles. The van der Waals surface area contributed by atoms with Crippen molar-refractivity contribution in [3.63, 3.8) is 0 Å². The zero-order valence-electron chi connectivity index (χ0n) is 24.1. The van der Waals surface area contributed by atoms with Gasteiger partial charge in [-0.15, -0.1) is 0 Å². The Morgan fingerprint density at radius 3 is 2.36 bits per heavy atom. The predicted octanol–water partition coefficient (Wildman–Crippen LogP) is 5.57. The Morgan fingerprint density at radius 2 is 1.80 bits per heavy atom. The minimum atomic E-state index is -4.93. The molecule has 0 bridgehead atoms. The highest BCUT2D eigenvalue weighted by Crippen LogP contribution is 2.42. The van der Waals surface area contributed by atoms with Crippen LogP contribution in [0.5, 0.6) is 5.75 Å². The zero-order valence-corrected chi connectivity index (χ0v) is 24.9. The van der Waals surface area contributed by atoms with E-state index in [1.54, 1.807) is 0 Å². The second-order valence-corrected chi connectivity index (χ2v) is 11.7. The summed E-state index contributed by atoms with van der Waals surface area (Å²) < 4.78 is 76.2. The van der Waals surface area contributed by atoms with Crippen LogP contribution in [0.25, 0.3) is 0 Å². The molecule has 4 rings (SSSR count). The van der Waals surface area contributed by atoms with Gasteiger partial charge in [-0.25, -0.2) is 13.8 Å². The molecule has 0 aliphatic carbocycles. The van der Waals surface area contributed by atoms with Gasteiger partial charge in [-0.3, -0.25) is 19.4 Å². The SMILES string of the molecule is CC(F)(F)c1cc(N2C(=S)N(c3cnc(C#N)c(C(F)(F)F)c3)C(=O)C2(C)C)ccc1OCCC1CCN(CC(=O)O)CC1. The van der Waals surface area contributed by atoms with E-state index in [0.29, 0.717) is 32.5 Å². The van der Waals surface area contributed by atoms with Crippen molar-refractivity contribution < 1.29 is 41.4 Å². The van der Waals surface area contributed by atoms with Crippen LogP contribution in [-0.2, 0) is 21.7 Å². The number of carbonyl (C=O) groups is 2. The maximum atomic E-state index is 14.8. The molecule has 1 amide bonds. The highest BCUT2D eigenvalue weighted by atomic mass is 32.1. The molecular formula is C29H30F5N5O4S. The van der Waals surface area contributed by atoms with E-state index in [1.807, 2.05) is 4.90 Å². The summed E-state index contributed by atoms with van der Waals surface area (Å²) in [6.45, 7) is 4.99. The van der Waals surface area contributed by atoms with E-state index in [0.717, 1.165) is 30.0 Å². The maximum absolute atomic E-state index is 14.8. The summed E-state index contributed by atoms with van der Waals surface area (Å²) in [4.78, 5) is 31.9. The lowest BCUT2D eigenvalue weighted by molar-refractivity contribution is -0.139. The van der Waals surface area contributed by atoms with Gasteiger partial charge in [0.15, 0.2) is 10.8 Å². The number of aromatic nitrogens is 1. The van der Waals surface area contributed by atoms with Gasteiger partial charge in [-0.05, 0) is 88.6 Å². The highest BCUT2D eigenvalue weighted by Gasteiger charge is 2.51. The van der Waals surface area contributed by atoms with E-state index in [9.17, 15) is 31.5 Å². The van der Waals surface area contributed by atoms with E-state index < -0.39 is 46.3 Å². The molecule has 1 N–H and O–H groups in total. The van der Waals surface area contributed by atoms with Gasteiger partial charge in [-0.1, -0.05) is 0 Å². The number of anilines is 2. The second-order valence-electron chi connectivity index (χ2n) is 11.3. The average Bonchev–Trinajstić information content (AvgIpc) is 3.11. The Bertz CT molecular complexity index is 1500. The summed E-state index contributed by atoms with van der Waals surface area (Å²) in [5, 5.41) is 17.8. The fourth-order valence-electron chi connectivity index (χ4n) is 5.42. The fourth-order valence-corrected chi connectivity index (χ4v) is 5.95. The first-order valence-electron chi connectivity index (χ1n) is 13.7. The van der Waals surface area contributed by atoms with Crippen LogP contribution in [0.3, 0.4) is 0 Å². The number of amides is 1. The molecule has 0 atom stereocenters. The number of benzene rings is 1. The van der Waals surface area contributed by atoms with Gasteiger partial charge in [0.25, 0.3) is 11.8 Å². The largest absolute Gasteiger partial charge is 0.493 e. The number of piperidine rings is 1. The number of halogens is 5. The summed E-state index contributed by atoms with van der Waals surface area (Å²) in [5.74, 6) is -4.79. The normalized spacial score (nSPS) is 18.1. The molecule has 0 saturated carbocycles. The molecule has 0 unspecified atom stereocenters. The van der Waals surface area contributed by atoms with Crippen LogP contribution < -0.4 is 14.5 Å². The van der Waals surface area contributed by atoms with E-state index in [4.69, 9.17) is 27.3 Å². The molecule has 2 fully saturated rings. The number of nitrogens with zero attached hydrogens (tertiary/aromatic N) is 5. The molecule has 236 valence electrons. The van der Waals surface area contributed by atoms with Crippen molar-refractivity contribution in [1.29, 1.82) is 5.26 Å². The number of aliphatic carboxylic acids is 1. The van der Waals surface area contributed by atoms with Gasteiger partial charge < -0.3 is 14.7 Å². The first-order chi connectivity index (χ1) is 20.4. The van der Waals surface area contributed by atoms with Crippen molar-refractivity contribution in [2.75, 3.05) is 36.0 Å². The lowest BCUT2D eigenvalue weighted by atomic mass is 9.94. The number of ether oxygens (including phenoxy) is 1. The molecule has 44 heavy (non-hydrogen) atoms. The first kappa shape index (κ1) is 33.0. The highest BCUT2D eigenvalue weighted by molar-refractivity contribution is 7.81. The Hall–Kier alpha value is -3.90. The van der Waals surface area contributed by atoms with Gasteiger partial charge in [-0.2, -0.15) is 18.4 Å². The third-order valence-electron chi connectivity index (χ3n) is 7.75. The monoisotopic (exact) mass is 639 g/mol. The second kappa shape index (κ2) is 12.2. The number of hydrogen-bond acceptors (Lipinski definition) is 7. The Balaban J connectivity index is 1.56. The van der Waals surface area contributed by atoms with Crippen molar-refractivity contribution in [2.45, 2.75) is 57.7 Å². The van der Waals surface area contributed by atoms with E-state index in [-0.39, 0.29) is 41.3 Å². The van der Waals surface area contributed by atoms with Gasteiger partial charge in [0.05, 0.1) is 36.2 Å². The molecule has 0 radical (unpaired) electrons. The first-order valence-corrected chi connectivity index (χ1v) is 14.1. The van der Waals surface area contributed by atoms with Gasteiger partial charge in [0.2, 0.25) is 0 Å². The molecule has 1 aromatic heterocycles. The van der Waals surface area contributed by atoms with Crippen molar-refractivity contribution in [3.8, 4) is 11.8 Å². The molecule has 0 spiro atoms. The van der Waals surface area contributed by atoms with E-state index in [2.05, 4.69) is 4.98 Å². The Labute approximate surface area is 255 Å². The smallest absolute Gasteiger partial charge is 0.419 e. The van der Waals surface area contributed by atoms with Crippen LogP contribution in [0, 0.1) is 17.2 Å². The maximum Gasteiger partial charge on any atom is 0.419 e. The van der Waals surface area contributed by atoms with E-state index >= 15 is 0 Å². The summed E-state index contributed by atoms with van der Waals surface area (Å²) in [5.41, 5.74) is -4.38. The number of rotatable bonds is 9. The molecule has 15 heteroatoms. The van der Waals surface area contributed by atoms with Crippen molar-refractivity contribution in [3.05, 3.63) is 47.3 Å². The van der Waals surface area contributed by atoms with Gasteiger partial charge in [0.1, 0.15) is 17.4 Å². The number of carboxylic acids is 1. The summed E-state index contributed by atoms with van der Waals surface area (Å²) in [6.07, 6.45) is -1.89. The summed E-state index contributed by atoms with van der Waals surface area (Å²) in [7, 11) is 0. The Morgan fingerprint density at radius 1 is 1.16 bits per heavy atom. The average molecular weight is 640 g/mol. The van der Waals surface area contributed by atoms with Crippen molar-refractivity contribution >= 4 is 40.6 Å². The van der Waals surface area contributed by atoms with Crippen LogP contribution in [-0.4, -0.2) is 63.8 Å². The van der Waals surface area contributed by atoms with Gasteiger partial charge >= 0.3 is 12.1 Å². The standard InChI is InChI=1S/C29H30F5N5O4S/c1-27(2)25(42)38(19-13-20(29(32,33)34)22(14-35)36-15-19)26(44)39(27)18-4-5-23(21(12-18)28(3,30)31)43-11-8-17-6-9-37(10-7-17)16-24(40)41/h4-5,12-13,15,17H,6-11,16H2,1-3H3,(H,40,41). The number of hydrogen-bond donors (Lipinski definition) is 1. The third-order valence-corrected chi connectivity index (χ3v) is 8.12. The third kappa shape index (κ3) is 6.76. The lowest BCUT2D eigenvalue weighted by Gasteiger charge is -2.31. The van der Waals surface area contributed by atoms with Crippen molar-refractivity contribution in [2.24, 2.45) is 5.92 Å². The number of nitriles is 1. The number of carbonyl (C=O) groups excluding carboxylic acids is 1. The zero-order chi connectivity index (χ0) is 32.6. The summed E-state index contributed by atoms with van der Waals surface area (Å²) in [6, 6.07) is 5.91. The van der Waals surface area contributed by atoms with Crippen molar-refractivity contribution in [1.82, 2.24) is 9.88 Å². The van der Waals surface area contributed by atoms with Crippen LogP contribution >= 0.6 is 12.2 Å². The molecule has 1 aromatic carbocycles. The predicted molar refractivity (Wildman–Crippen MR) is 154 cm³/mol. The summed E-state index contributed by atoms with van der Waals surface area (Å²) >= 11 is 5.50. The van der Waals surface area contributed by atoms with Gasteiger partial charge in [0, 0.05) is 12.6 Å². The number of pyridine rings is 1. The van der Waals surface area contributed by atoms with E-state index in [1.165, 1.54) is 36.9 Å². The fraction of sp³-hybridized carbons (Fsp3) is 0.483. The minimum Gasteiger partial charge on any atom is -0.493 e. The Kier molecular flexibility index (Phi) is 9.18. The lowest BCUT2D eigenvalue weighted by Crippen LogP contribution is -2.44. The molecule has 2 saturated heterocycles. The molecule has 2 aliphatic heterocycles. The van der Waals surface area contributed by atoms with Crippen LogP contribution in [0.4, 0.5) is 33.3 Å². The molecule has 2 aromatic rings. The number of carboxylic acid groups (broad SMARTS) is 1. The minimum absolute atomic E-state index is 0.0237. The van der Waals surface area contributed by atoms with Crippen LogP contribution in [0.2, 0.25) is 0 Å². The number of likely N-dealkylation sites (tertiary alicyclic amines) is 1. The number of alkyl halides is 5. The number of thiocarbonyl (C=S) groups is 1.